The van der Waals surface area contributed by atoms with Crippen LogP contribution in [0.4, 0.5) is 0 Å². The molecule has 1 nitrogen and oxygen atoms in total. The molecule has 0 aliphatic carbocycles. The minimum atomic E-state index is 0.513. The van der Waals surface area contributed by atoms with E-state index in [-0.39, 0.29) is 0 Å². The Morgan fingerprint density at radius 1 is 1.50 bits per heavy atom. The Kier molecular flexibility index (Phi) is 2.82. The van der Waals surface area contributed by atoms with E-state index >= 15 is 0 Å². The molecule has 0 aliphatic rings. The zero-order chi connectivity index (χ0) is 7.56. The van der Waals surface area contributed by atoms with Gasteiger partial charge in [0.2, 0.25) is 0 Å². The summed E-state index contributed by atoms with van der Waals surface area (Å²) < 4.78 is 1.17. The zero-order valence-electron chi connectivity index (χ0n) is 5.89. The molecule has 2 N–H and O–H groups in total. The molecule has 1 aromatic carbocycles. The van der Waals surface area contributed by atoms with Crippen molar-refractivity contribution in [2.75, 3.05) is 0 Å². The SMILES string of the molecule is [Li][c]1ccc(CN)c(Cl)c1. The van der Waals surface area contributed by atoms with Crippen molar-refractivity contribution in [1.29, 1.82) is 0 Å². The first-order valence-corrected chi connectivity index (χ1v) is 3.57. The number of halogens is 1. The molecule has 3 heteroatoms. The van der Waals surface area contributed by atoms with Gasteiger partial charge >= 0.3 is 74.6 Å². The third-order valence-electron chi connectivity index (χ3n) is 1.43. The van der Waals surface area contributed by atoms with Gasteiger partial charge in [0.1, 0.15) is 0 Å². The van der Waals surface area contributed by atoms with E-state index in [0.29, 0.717) is 6.54 Å². The number of rotatable bonds is 1. The minimum absolute atomic E-state index is 0.513. The molecule has 0 aliphatic heterocycles. The molecule has 0 fully saturated rings. The summed E-state index contributed by atoms with van der Waals surface area (Å²) >= 11 is 7.86. The van der Waals surface area contributed by atoms with Gasteiger partial charge in [-0.15, -0.1) is 0 Å². The Balaban J connectivity index is 3.07. The molecule has 0 aromatic heterocycles. The molecule has 0 unspecified atom stereocenters. The van der Waals surface area contributed by atoms with E-state index in [0.717, 1.165) is 10.6 Å². The predicted octanol–water partition coefficient (Wildman–Crippen LogP) is 0.593. The van der Waals surface area contributed by atoms with Crippen LogP contribution in [0.1, 0.15) is 5.56 Å². The third kappa shape index (κ3) is 1.77. The molecule has 0 spiro atoms. The summed E-state index contributed by atoms with van der Waals surface area (Å²) in [5.74, 6) is 0. The molecule has 1 rings (SSSR count). The van der Waals surface area contributed by atoms with Crippen molar-refractivity contribution in [1.82, 2.24) is 0 Å². The van der Waals surface area contributed by atoms with E-state index in [4.69, 9.17) is 17.3 Å². The van der Waals surface area contributed by atoms with E-state index in [1.54, 1.807) is 0 Å². The van der Waals surface area contributed by atoms with Crippen molar-refractivity contribution in [3.05, 3.63) is 28.8 Å². The van der Waals surface area contributed by atoms with Crippen LogP contribution in [-0.4, -0.2) is 17.7 Å². The molecule has 10 heavy (non-hydrogen) atoms. The van der Waals surface area contributed by atoms with E-state index < -0.39 is 0 Å². The first-order valence-electron chi connectivity index (χ1n) is 3.19. The van der Waals surface area contributed by atoms with Gasteiger partial charge in [0, 0.05) is 0 Å². The Morgan fingerprint density at radius 3 is 2.70 bits per heavy atom. The fourth-order valence-electron chi connectivity index (χ4n) is 0.818. The van der Waals surface area contributed by atoms with Crippen LogP contribution in [0.3, 0.4) is 0 Å². The molecule has 48 valence electrons. The summed E-state index contributed by atoms with van der Waals surface area (Å²) in [6.07, 6.45) is 0. The maximum atomic E-state index is 5.85. The topological polar surface area (TPSA) is 26.0 Å². The van der Waals surface area contributed by atoms with Crippen molar-refractivity contribution in [2.24, 2.45) is 5.73 Å². The van der Waals surface area contributed by atoms with Crippen LogP contribution in [0.2, 0.25) is 5.02 Å². The van der Waals surface area contributed by atoms with Crippen molar-refractivity contribution in [3.63, 3.8) is 0 Å². The summed E-state index contributed by atoms with van der Waals surface area (Å²) in [4.78, 5) is 0. The van der Waals surface area contributed by atoms with Gasteiger partial charge in [0.15, 0.2) is 0 Å². The van der Waals surface area contributed by atoms with Gasteiger partial charge in [-0.25, -0.2) is 0 Å². The molecular weight excluding hydrogens is 140 g/mol. The van der Waals surface area contributed by atoms with Gasteiger partial charge in [-0.05, 0) is 0 Å². The fourth-order valence-corrected chi connectivity index (χ4v) is 1.13. The molecule has 0 saturated heterocycles. The van der Waals surface area contributed by atoms with Crippen LogP contribution in [0.25, 0.3) is 0 Å². The third-order valence-corrected chi connectivity index (χ3v) is 1.78. The molecular formula is C7H7ClLiN. The van der Waals surface area contributed by atoms with Crippen LogP contribution in [0.5, 0.6) is 0 Å². The molecule has 0 bridgehead atoms. The van der Waals surface area contributed by atoms with Gasteiger partial charge in [0.05, 0.1) is 0 Å². The maximum absolute atomic E-state index is 5.85. The van der Waals surface area contributed by atoms with Gasteiger partial charge < -0.3 is 0 Å². The normalized spacial score (nSPS) is 10.0. The second-order valence-corrected chi connectivity index (χ2v) is 2.71. The van der Waals surface area contributed by atoms with Crippen molar-refractivity contribution in [3.8, 4) is 0 Å². The predicted molar refractivity (Wildman–Crippen MR) is 44.7 cm³/mol. The second-order valence-electron chi connectivity index (χ2n) is 2.30. The van der Waals surface area contributed by atoms with Gasteiger partial charge in [-0.2, -0.15) is 0 Å². The van der Waals surface area contributed by atoms with E-state index in [2.05, 4.69) is 0 Å². The summed E-state index contributed by atoms with van der Waals surface area (Å²) in [5, 5.41) is 0.766. The summed E-state index contributed by atoms with van der Waals surface area (Å²) in [6, 6.07) is 5.88. The average Bonchev–Trinajstić information content (AvgIpc) is 1.88. The summed E-state index contributed by atoms with van der Waals surface area (Å²) in [5.41, 5.74) is 6.42. The fraction of sp³-hybridized carbons (Fsp3) is 0.143. The number of nitrogens with two attached hydrogens (primary N) is 1. The van der Waals surface area contributed by atoms with Crippen LogP contribution < -0.4 is 9.97 Å². The van der Waals surface area contributed by atoms with E-state index in [1.165, 1.54) is 4.24 Å². The van der Waals surface area contributed by atoms with Crippen molar-refractivity contribution in [2.45, 2.75) is 6.54 Å². The Morgan fingerprint density at radius 2 is 2.20 bits per heavy atom. The standard InChI is InChI=1S/C7H7ClN.Li/c8-7-4-2-1-3-6(7)5-9;/h1,3-4H,5,9H2;. The Labute approximate surface area is 74.8 Å². The zero-order valence-corrected chi connectivity index (χ0v) is 6.65. The molecule has 0 radical (unpaired) electrons. The average molecular weight is 148 g/mol. The monoisotopic (exact) mass is 147 g/mol. The Hall–Kier alpha value is 0.0674. The quantitative estimate of drug-likeness (QED) is 0.579. The van der Waals surface area contributed by atoms with Crippen molar-refractivity contribution >= 4 is 33.6 Å². The number of benzene rings is 1. The second kappa shape index (κ2) is 3.46. The Bertz CT molecular complexity index is 237. The first-order chi connectivity index (χ1) is 4.74. The van der Waals surface area contributed by atoms with Crippen LogP contribution in [0, 0.1) is 0 Å². The number of hydrogen-bond donors (Lipinski definition) is 1. The molecule has 0 heterocycles. The van der Waals surface area contributed by atoms with E-state index in [1.807, 2.05) is 35.9 Å². The number of hydrogen-bond acceptors (Lipinski definition) is 1. The molecule has 0 amide bonds. The molecule has 0 atom stereocenters. The van der Waals surface area contributed by atoms with E-state index in [9.17, 15) is 0 Å². The first kappa shape index (κ1) is 8.17. The summed E-state index contributed by atoms with van der Waals surface area (Å²) in [6.45, 7) is 0.513. The van der Waals surface area contributed by atoms with Crippen LogP contribution in [-0.2, 0) is 6.54 Å². The molecule has 0 saturated carbocycles. The van der Waals surface area contributed by atoms with Gasteiger partial charge in [0.25, 0.3) is 0 Å². The van der Waals surface area contributed by atoms with Crippen LogP contribution >= 0.6 is 11.6 Å². The van der Waals surface area contributed by atoms with Gasteiger partial charge in [-0.1, -0.05) is 0 Å². The van der Waals surface area contributed by atoms with Crippen LogP contribution in [0.15, 0.2) is 18.2 Å². The molecule has 1 aromatic rings. The van der Waals surface area contributed by atoms with Crippen molar-refractivity contribution < 1.29 is 0 Å². The van der Waals surface area contributed by atoms with Gasteiger partial charge in [-0.3, -0.25) is 0 Å². The summed E-state index contributed by atoms with van der Waals surface area (Å²) in [7, 11) is 0.